The molecule has 1 aliphatic heterocycles. The van der Waals surface area contributed by atoms with E-state index in [1.165, 1.54) is 43.0 Å². The quantitative estimate of drug-likeness (QED) is 0.709. The first-order chi connectivity index (χ1) is 12.2. The smallest absolute Gasteiger partial charge is 0.222 e. The Morgan fingerprint density at radius 1 is 1.12 bits per heavy atom. The average molecular weight is 336 g/mol. The Morgan fingerprint density at radius 3 is 2.80 bits per heavy atom. The summed E-state index contributed by atoms with van der Waals surface area (Å²) in [6, 6.07) is 13.2. The van der Waals surface area contributed by atoms with Gasteiger partial charge < -0.3 is 10.0 Å². The number of hydrogen-bond donors (Lipinski definition) is 2. The number of rotatable bonds is 3. The largest absolute Gasteiger partial charge is 0.506 e. The van der Waals surface area contributed by atoms with Crippen LogP contribution in [0.1, 0.15) is 43.9 Å². The van der Waals surface area contributed by atoms with Crippen molar-refractivity contribution in [2.45, 2.75) is 52.1 Å². The lowest BCUT2D eigenvalue weighted by Crippen LogP contribution is -3.15. The minimum absolute atomic E-state index is 0.463. The zero-order valence-corrected chi connectivity index (χ0v) is 15.2. The van der Waals surface area contributed by atoms with Gasteiger partial charge in [0.15, 0.2) is 5.69 Å². The predicted octanol–water partition coefficient (Wildman–Crippen LogP) is 3.17. The Balaban J connectivity index is 1.81. The van der Waals surface area contributed by atoms with E-state index in [4.69, 9.17) is 0 Å². The molecule has 2 atom stereocenters. The maximum absolute atomic E-state index is 11.0. The maximum Gasteiger partial charge on any atom is 0.222 e. The molecule has 0 saturated carbocycles. The van der Waals surface area contributed by atoms with Crippen LogP contribution >= 0.6 is 0 Å². The highest BCUT2D eigenvalue weighted by atomic mass is 16.3. The van der Waals surface area contributed by atoms with E-state index in [9.17, 15) is 5.11 Å². The summed E-state index contributed by atoms with van der Waals surface area (Å²) >= 11 is 0. The Morgan fingerprint density at radius 2 is 1.96 bits per heavy atom. The monoisotopic (exact) mass is 336 g/mol. The highest BCUT2D eigenvalue weighted by molar-refractivity contribution is 6.05. The summed E-state index contributed by atoms with van der Waals surface area (Å²) in [5, 5.41) is 14.3. The molecule has 0 spiro atoms. The molecule has 4 rings (SSSR count). The van der Waals surface area contributed by atoms with Crippen LogP contribution in [0.4, 0.5) is 0 Å². The first kappa shape index (κ1) is 16.3. The summed E-state index contributed by atoms with van der Waals surface area (Å²) < 4.78 is 0. The second-order valence-electron chi connectivity index (χ2n) is 7.47. The lowest BCUT2D eigenvalue weighted by atomic mass is 9.97. The molecule has 1 aromatic heterocycles. The van der Waals surface area contributed by atoms with Crippen LogP contribution in [0.5, 0.6) is 5.75 Å². The predicted molar refractivity (Wildman–Crippen MR) is 102 cm³/mol. The highest BCUT2D eigenvalue weighted by Crippen LogP contribution is 2.31. The number of quaternary nitrogens is 1. The zero-order valence-electron chi connectivity index (χ0n) is 15.2. The van der Waals surface area contributed by atoms with E-state index >= 15 is 0 Å². The van der Waals surface area contributed by atoms with Crippen LogP contribution in [0.3, 0.4) is 0 Å². The van der Waals surface area contributed by atoms with Crippen LogP contribution in [0.25, 0.3) is 21.7 Å². The second kappa shape index (κ2) is 6.64. The molecule has 2 heterocycles. The fourth-order valence-corrected chi connectivity index (χ4v) is 4.53. The molecule has 130 valence electrons. The number of piperidine rings is 1. The maximum atomic E-state index is 11.0. The molecule has 1 fully saturated rings. The van der Waals surface area contributed by atoms with Gasteiger partial charge in [0.2, 0.25) is 5.52 Å². The van der Waals surface area contributed by atoms with Crippen LogP contribution in [0.15, 0.2) is 36.4 Å². The zero-order chi connectivity index (χ0) is 17.4. The molecule has 3 N–H and O–H groups in total. The van der Waals surface area contributed by atoms with Crippen LogP contribution < -0.4 is 9.88 Å². The van der Waals surface area contributed by atoms with Gasteiger partial charge in [0.05, 0.1) is 23.4 Å². The Hall–Kier alpha value is -2.13. The molecule has 1 saturated heterocycles. The number of aromatic nitrogens is 1. The number of nitrogens with one attached hydrogen (secondary N) is 2. The lowest BCUT2D eigenvalue weighted by Gasteiger charge is -2.32. The number of pyridine rings is 1. The SMILES string of the molecule is CCC1CCCC[NH+]1Cc1c(C)[nH+]c2c(ccc3ccccc32)c1O. The molecular formula is C22H28N2O+2. The molecule has 1 aliphatic rings. The van der Waals surface area contributed by atoms with E-state index in [1.807, 2.05) is 0 Å². The molecule has 0 radical (unpaired) electrons. The Kier molecular flexibility index (Phi) is 4.34. The van der Waals surface area contributed by atoms with Gasteiger partial charge in [0, 0.05) is 6.92 Å². The molecule has 3 nitrogen and oxygen atoms in total. The van der Waals surface area contributed by atoms with Crippen LogP contribution in [-0.2, 0) is 6.54 Å². The fourth-order valence-electron chi connectivity index (χ4n) is 4.53. The highest BCUT2D eigenvalue weighted by Gasteiger charge is 2.28. The number of aromatic amines is 1. The van der Waals surface area contributed by atoms with Crippen LogP contribution in [0, 0.1) is 6.92 Å². The van der Waals surface area contributed by atoms with Gasteiger partial charge in [-0.2, -0.15) is 0 Å². The molecule has 0 amide bonds. The molecule has 2 unspecified atom stereocenters. The topological polar surface area (TPSA) is 38.8 Å². The van der Waals surface area contributed by atoms with Gasteiger partial charge in [-0.05, 0) is 43.2 Å². The number of hydrogen-bond acceptors (Lipinski definition) is 1. The van der Waals surface area contributed by atoms with Gasteiger partial charge >= 0.3 is 0 Å². The van der Waals surface area contributed by atoms with Crippen molar-refractivity contribution in [1.29, 1.82) is 0 Å². The van der Waals surface area contributed by atoms with Crippen molar-refractivity contribution in [2.75, 3.05) is 6.54 Å². The average Bonchev–Trinajstić information content (AvgIpc) is 2.65. The van der Waals surface area contributed by atoms with E-state index in [1.54, 1.807) is 4.90 Å². The molecule has 3 aromatic rings. The van der Waals surface area contributed by atoms with Gasteiger partial charge in [0.1, 0.15) is 17.9 Å². The van der Waals surface area contributed by atoms with E-state index in [0.717, 1.165) is 34.7 Å². The van der Waals surface area contributed by atoms with Crippen molar-refractivity contribution < 1.29 is 15.0 Å². The van der Waals surface area contributed by atoms with E-state index < -0.39 is 0 Å². The first-order valence-electron chi connectivity index (χ1n) is 9.58. The van der Waals surface area contributed by atoms with Gasteiger partial charge in [-0.1, -0.05) is 31.2 Å². The number of benzene rings is 2. The van der Waals surface area contributed by atoms with E-state index in [-0.39, 0.29) is 0 Å². The normalized spacial score (nSPS) is 21.0. The van der Waals surface area contributed by atoms with Crippen molar-refractivity contribution in [3.63, 3.8) is 0 Å². The molecule has 25 heavy (non-hydrogen) atoms. The van der Waals surface area contributed by atoms with Crippen molar-refractivity contribution in [1.82, 2.24) is 0 Å². The third-order valence-electron chi connectivity index (χ3n) is 6.01. The lowest BCUT2D eigenvalue weighted by molar-refractivity contribution is -0.944. The fraction of sp³-hybridized carbons (Fsp3) is 0.409. The summed E-state index contributed by atoms with van der Waals surface area (Å²) in [6.45, 7) is 6.52. The summed E-state index contributed by atoms with van der Waals surface area (Å²) in [6.07, 6.45) is 5.18. The minimum atomic E-state index is 0.463. The van der Waals surface area contributed by atoms with Crippen molar-refractivity contribution in [2.24, 2.45) is 0 Å². The van der Waals surface area contributed by atoms with E-state index in [0.29, 0.717) is 5.75 Å². The number of likely N-dealkylation sites (tertiary alicyclic amines) is 1. The molecule has 3 heteroatoms. The number of H-pyrrole nitrogens is 1. The van der Waals surface area contributed by atoms with Crippen molar-refractivity contribution in [3.05, 3.63) is 47.7 Å². The minimum Gasteiger partial charge on any atom is -0.506 e. The standard InChI is InChI=1S/C22H26N2O/c1-3-17-9-6-7-13-24(17)14-20-15(2)23-21-18-10-5-4-8-16(18)11-12-19(21)22(20)25/h4-5,8,10-12,17H,3,6-7,9,13-14H2,1-2H3,(H,23,25)/p+2. The second-order valence-corrected chi connectivity index (χ2v) is 7.47. The van der Waals surface area contributed by atoms with Crippen LogP contribution in [0.2, 0.25) is 0 Å². The van der Waals surface area contributed by atoms with Gasteiger partial charge in [0.25, 0.3) is 0 Å². The van der Waals surface area contributed by atoms with Gasteiger partial charge in [-0.3, -0.25) is 0 Å². The van der Waals surface area contributed by atoms with Crippen LogP contribution in [-0.4, -0.2) is 17.7 Å². The van der Waals surface area contributed by atoms with Crippen molar-refractivity contribution >= 4 is 21.7 Å². The van der Waals surface area contributed by atoms with Gasteiger partial charge in [-0.25, -0.2) is 4.98 Å². The molecule has 0 aliphatic carbocycles. The third kappa shape index (κ3) is 2.87. The summed E-state index contributed by atoms with van der Waals surface area (Å²) in [4.78, 5) is 5.22. The summed E-state index contributed by atoms with van der Waals surface area (Å²) in [5.41, 5.74) is 3.21. The molecule has 0 bridgehead atoms. The van der Waals surface area contributed by atoms with E-state index in [2.05, 4.69) is 55.2 Å². The number of aryl methyl sites for hydroxylation is 1. The summed E-state index contributed by atoms with van der Waals surface area (Å²) in [5.74, 6) is 0.463. The third-order valence-corrected chi connectivity index (χ3v) is 6.01. The Labute approximate surface area is 149 Å². The summed E-state index contributed by atoms with van der Waals surface area (Å²) in [7, 11) is 0. The molecule has 2 aromatic carbocycles. The van der Waals surface area contributed by atoms with Crippen molar-refractivity contribution in [3.8, 4) is 5.75 Å². The number of fused-ring (bicyclic) bond motifs is 3. The van der Waals surface area contributed by atoms with Gasteiger partial charge in [-0.15, -0.1) is 0 Å². The number of aromatic hydroxyl groups is 1. The first-order valence-corrected chi connectivity index (χ1v) is 9.58. The molecular weight excluding hydrogens is 308 g/mol. The Bertz CT molecular complexity index is 919.